The summed E-state index contributed by atoms with van der Waals surface area (Å²) in [6, 6.07) is 9.09. The Morgan fingerprint density at radius 3 is 2.55 bits per heavy atom. The van der Waals surface area contributed by atoms with Gasteiger partial charge in [-0.05, 0) is 47.9 Å². The van der Waals surface area contributed by atoms with Gasteiger partial charge >= 0.3 is 0 Å². The summed E-state index contributed by atoms with van der Waals surface area (Å²) >= 11 is 0. The minimum atomic E-state index is -3.17. The molecule has 0 saturated carbocycles. The Hall–Kier alpha value is -3.06. The van der Waals surface area contributed by atoms with Gasteiger partial charge in [-0.15, -0.1) is 0 Å². The number of sulfone groups is 1. The van der Waals surface area contributed by atoms with E-state index in [-0.39, 0.29) is 23.6 Å². The van der Waals surface area contributed by atoms with Crippen LogP contribution in [0.15, 0.2) is 65.6 Å². The molecule has 2 aliphatic rings. The lowest BCUT2D eigenvalue weighted by atomic mass is 9.87. The van der Waals surface area contributed by atoms with Crippen LogP contribution in [-0.2, 0) is 20.4 Å². The normalized spacial score (nSPS) is 20.6. The van der Waals surface area contributed by atoms with E-state index in [1.54, 1.807) is 19.3 Å². The minimum absolute atomic E-state index is 0.00675. The van der Waals surface area contributed by atoms with Crippen LogP contribution in [0.5, 0.6) is 0 Å². The third-order valence-electron chi connectivity index (χ3n) is 5.79. The minimum Gasteiger partial charge on any atom is -0.367 e. The van der Waals surface area contributed by atoms with Crippen LogP contribution in [0.4, 0.5) is 0 Å². The van der Waals surface area contributed by atoms with Crippen LogP contribution in [0.2, 0.25) is 0 Å². The SMILES string of the molecule is CCS(=O)(=O)Cc1ccc2c(c1)C1=CN(C)C(C=O)C=C1[C@H](C)N=C2c1ccncc1. The molecule has 7 heteroatoms. The van der Waals surface area contributed by atoms with E-state index in [2.05, 4.69) is 4.98 Å². The highest BCUT2D eigenvalue weighted by Crippen LogP contribution is 2.38. The van der Waals surface area contributed by atoms with Gasteiger partial charge in [-0.1, -0.05) is 19.1 Å². The lowest BCUT2D eigenvalue weighted by molar-refractivity contribution is -0.110. The van der Waals surface area contributed by atoms with Gasteiger partial charge in [0.1, 0.15) is 12.3 Å². The highest BCUT2D eigenvalue weighted by molar-refractivity contribution is 7.90. The maximum atomic E-state index is 12.3. The standard InChI is InChI=1S/C24H25N3O3S/c1-4-31(29,30)15-17-5-6-20-22(11-17)23-13-27(3)19(14-28)12-21(23)16(2)26-24(20)18-7-9-25-10-8-18/h5-14,16,19H,4,15H2,1-3H3/t16-,19?/m0/s1. The summed E-state index contributed by atoms with van der Waals surface area (Å²) in [6.07, 6.45) is 8.29. The van der Waals surface area contributed by atoms with Crippen LogP contribution in [-0.4, -0.2) is 55.2 Å². The van der Waals surface area contributed by atoms with Crippen LogP contribution >= 0.6 is 0 Å². The molecule has 2 atom stereocenters. The fourth-order valence-electron chi connectivity index (χ4n) is 4.02. The van der Waals surface area contributed by atoms with Crippen LogP contribution in [0.3, 0.4) is 0 Å². The molecule has 0 fully saturated rings. The smallest absolute Gasteiger partial charge is 0.154 e. The predicted octanol–water partition coefficient (Wildman–Crippen LogP) is 3.04. The predicted molar refractivity (Wildman–Crippen MR) is 123 cm³/mol. The van der Waals surface area contributed by atoms with Crippen molar-refractivity contribution in [1.82, 2.24) is 9.88 Å². The van der Waals surface area contributed by atoms with E-state index in [0.29, 0.717) is 0 Å². The molecule has 160 valence electrons. The summed E-state index contributed by atoms with van der Waals surface area (Å²) in [7, 11) is -1.30. The van der Waals surface area contributed by atoms with E-state index in [4.69, 9.17) is 4.99 Å². The monoisotopic (exact) mass is 435 g/mol. The van der Waals surface area contributed by atoms with Gasteiger partial charge in [0, 0.05) is 48.1 Å². The van der Waals surface area contributed by atoms with Gasteiger partial charge in [0.05, 0.1) is 17.5 Å². The first-order valence-corrected chi connectivity index (χ1v) is 12.1. The lowest BCUT2D eigenvalue weighted by Gasteiger charge is -2.29. The average Bonchev–Trinajstić information content (AvgIpc) is 2.88. The van der Waals surface area contributed by atoms with E-state index in [0.717, 1.165) is 45.4 Å². The molecule has 0 radical (unpaired) electrons. The van der Waals surface area contributed by atoms with E-state index in [9.17, 15) is 13.2 Å². The molecule has 3 heterocycles. The van der Waals surface area contributed by atoms with Crippen LogP contribution in [0.25, 0.3) is 5.57 Å². The maximum absolute atomic E-state index is 12.3. The Labute approximate surface area is 183 Å². The zero-order chi connectivity index (χ0) is 22.2. The topological polar surface area (TPSA) is 79.7 Å². The Kier molecular flexibility index (Phi) is 5.62. The van der Waals surface area contributed by atoms with Crippen LogP contribution in [0, 0.1) is 0 Å². The Morgan fingerprint density at radius 2 is 1.87 bits per heavy atom. The van der Waals surface area contributed by atoms with Gasteiger partial charge in [0.2, 0.25) is 0 Å². The summed E-state index contributed by atoms with van der Waals surface area (Å²) in [6.45, 7) is 3.68. The third-order valence-corrected chi connectivity index (χ3v) is 7.44. The number of carbonyl (C=O) groups excluding carboxylic acids is 1. The second-order valence-corrected chi connectivity index (χ2v) is 10.3. The van der Waals surface area contributed by atoms with Crippen LogP contribution < -0.4 is 0 Å². The van der Waals surface area contributed by atoms with Gasteiger partial charge in [-0.3, -0.25) is 9.98 Å². The second kappa shape index (κ2) is 8.23. The zero-order valence-electron chi connectivity index (χ0n) is 17.8. The van der Waals surface area contributed by atoms with Gasteiger partial charge in [0.15, 0.2) is 9.84 Å². The first-order valence-electron chi connectivity index (χ1n) is 10.3. The number of hydrogen-bond donors (Lipinski definition) is 0. The molecule has 4 rings (SSSR count). The fraction of sp³-hybridized carbons (Fsp3) is 0.292. The molecule has 2 aliphatic heterocycles. The number of benzene rings is 1. The number of aromatic nitrogens is 1. The van der Waals surface area contributed by atoms with E-state index < -0.39 is 9.84 Å². The molecular weight excluding hydrogens is 410 g/mol. The first kappa shape index (κ1) is 21.2. The molecule has 0 amide bonds. The largest absolute Gasteiger partial charge is 0.367 e. The van der Waals surface area contributed by atoms with E-state index >= 15 is 0 Å². The molecule has 0 N–H and O–H groups in total. The molecule has 1 aromatic heterocycles. The van der Waals surface area contributed by atoms with Crippen molar-refractivity contribution in [2.24, 2.45) is 4.99 Å². The number of nitrogens with zero attached hydrogens (tertiary/aromatic N) is 3. The number of aliphatic imine (C=N–C) groups is 1. The summed E-state index contributed by atoms with van der Waals surface area (Å²) in [5.41, 5.74) is 6.30. The second-order valence-electron chi connectivity index (χ2n) is 7.90. The van der Waals surface area contributed by atoms with Gasteiger partial charge in [0.25, 0.3) is 0 Å². The van der Waals surface area contributed by atoms with Crippen molar-refractivity contribution >= 4 is 27.4 Å². The van der Waals surface area contributed by atoms with E-state index in [1.165, 1.54) is 0 Å². The molecule has 0 aliphatic carbocycles. The highest BCUT2D eigenvalue weighted by atomic mass is 32.2. The van der Waals surface area contributed by atoms with Gasteiger partial charge in [-0.25, -0.2) is 8.42 Å². The molecule has 1 aromatic carbocycles. The van der Waals surface area contributed by atoms with Gasteiger partial charge < -0.3 is 9.69 Å². The van der Waals surface area contributed by atoms with Crippen molar-refractivity contribution in [2.45, 2.75) is 31.7 Å². The molecule has 31 heavy (non-hydrogen) atoms. The molecule has 0 bridgehead atoms. The van der Waals surface area contributed by atoms with Crippen molar-refractivity contribution in [3.05, 3.63) is 82.8 Å². The number of rotatable bonds is 5. The fourth-order valence-corrected chi connectivity index (χ4v) is 4.91. The Morgan fingerprint density at radius 1 is 1.13 bits per heavy atom. The number of aldehydes is 1. The first-order chi connectivity index (χ1) is 14.8. The van der Waals surface area contributed by atoms with E-state index in [1.807, 2.05) is 61.5 Å². The van der Waals surface area contributed by atoms with Crippen molar-refractivity contribution in [3.8, 4) is 0 Å². The van der Waals surface area contributed by atoms with Crippen molar-refractivity contribution in [3.63, 3.8) is 0 Å². The summed E-state index contributed by atoms with van der Waals surface area (Å²) in [5, 5.41) is 0. The summed E-state index contributed by atoms with van der Waals surface area (Å²) in [5.74, 6) is 0.0929. The molecule has 2 aromatic rings. The number of carbonyl (C=O) groups is 1. The average molecular weight is 436 g/mol. The molecule has 6 nitrogen and oxygen atoms in total. The Balaban J connectivity index is 1.95. The maximum Gasteiger partial charge on any atom is 0.154 e. The Bertz CT molecular complexity index is 1210. The van der Waals surface area contributed by atoms with Crippen molar-refractivity contribution < 1.29 is 13.2 Å². The molecular formula is C24H25N3O3S. The molecule has 1 unspecified atom stereocenters. The summed E-state index contributed by atoms with van der Waals surface area (Å²) < 4.78 is 24.5. The quantitative estimate of drug-likeness (QED) is 0.675. The highest BCUT2D eigenvalue weighted by Gasteiger charge is 2.29. The van der Waals surface area contributed by atoms with Gasteiger partial charge in [-0.2, -0.15) is 0 Å². The number of hydrogen-bond acceptors (Lipinski definition) is 6. The van der Waals surface area contributed by atoms with Crippen molar-refractivity contribution in [1.29, 1.82) is 0 Å². The zero-order valence-corrected chi connectivity index (χ0v) is 18.6. The number of pyridine rings is 1. The number of likely N-dealkylation sites (N-methyl/N-ethyl adjacent to an activating group) is 1. The number of fused-ring (bicyclic) bond motifs is 3. The molecule has 0 saturated heterocycles. The van der Waals surface area contributed by atoms with Crippen LogP contribution in [0.1, 0.15) is 36.1 Å². The lowest BCUT2D eigenvalue weighted by Crippen LogP contribution is -2.31. The van der Waals surface area contributed by atoms with Crippen molar-refractivity contribution in [2.75, 3.05) is 12.8 Å². The third kappa shape index (κ3) is 4.10. The summed E-state index contributed by atoms with van der Waals surface area (Å²) in [4.78, 5) is 22.6. The molecule has 0 spiro atoms.